The van der Waals surface area contributed by atoms with Crippen molar-refractivity contribution in [1.82, 2.24) is 0 Å². The summed E-state index contributed by atoms with van der Waals surface area (Å²) >= 11 is 3.09. The molecule has 1 unspecified atom stereocenters. The third-order valence-electron chi connectivity index (χ3n) is 1.36. The van der Waals surface area contributed by atoms with Gasteiger partial charge in [0, 0.05) is 14.8 Å². The molecule has 0 saturated heterocycles. The minimum absolute atomic E-state index is 0.126. The van der Waals surface area contributed by atoms with Crippen molar-refractivity contribution in [2.24, 2.45) is 0 Å². The highest BCUT2D eigenvalue weighted by atomic mass is 79.9. The summed E-state index contributed by atoms with van der Waals surface area (Å²) in [5, 5.41) is 10.2. The monoisotopic (exact) mass is 260 g/mol. The molecule has 0 bridgehead atoms. The van der Waals surface area contributed by atoms with Crippen molar-refractivity contribution in [3.63, 3.8) is 0 Å². The van der Waals surface area contributed by atoms with E-state index in [1.807, 2.05) is 18.2 Å². The number of rotatable bonds is 3. The van der Waals surface area contributed by atoms with Crippen molar-refractivity contribution in [2.75, 3.05) is 6.61 Å². The number of aliphatic hydroxyl groups excluding tert-OH is 1. The average Bonchev–Trinajstić information content (AvgIpc) is 2.19. The number of halogens is 1. The molecule has 1 aromatic rings. The molecule has 0 radical (unpaired) electrons. The average molecular weight is 261 g/mol. The van der Waals surface area contributed by atoms with Gasteiger partial charge in [-0.25, -0.2) is 4.21 Å². The van der Waals surface area contributed by atoms with Crippen LogP contribution in [-0.2, 0) is 10.8 Å². The van der Waals surface area contributed by atoms with E-state index in [1.165, 1.54) is 5.41 Å². The summed E-state index contributed by atoms with van der Waals surface area (Å²) in [6.07, 6.45) is 0. The maximum Gasteiger partial charge on any atom is 0.0784 e. The van der Waals surface area contributed by atoms with Crippen LogP contribution in [0, 0.1) is 0 Å². The van der Waals surface area contributed by atoms with Gasteiger partial charge < -0.3 is 5.11 Å². The fraction of sp³-hybridized carbons (Fsp3) is 0.111. The summed E-state index contributed by atoms with van der Waals surface area (Å²) in [6, 6.07) is 9.09. The Morgan fingerprint density at radius 1 is 1.46 bits per heavy atom. The lowest BCUT2D eigenvalue weighted by Gasteiger charge is -1.96. The second-order valence-electron chi connectivity index (χ2n) is 2.33. The second kappa shape index (κ2) is 5.32. The summed E-state index contributed by atoms with van der Waals surface area (Å²) in [7, 11) is -1.18. The smallest absolute Gasteiger partial charge is 0.0784 e. The molecule has 1 rings (SSSR count). The maximum absolute atomic E-state index is 11.5. The van der Waals surface area contributed by atoms with E-state index in [4.69, 9.17) is 5.11 Å². The maximum atomic E-state index is 11.5. The molecule has 2 nitrogen and oxygen atoms in total. The number of hydrogen-bond acceptors (Lipinski definition) is 2. The highest BCUT2D eigenvalue weighted by Gasteiger charge is 1.99. The minimum Gasteiger partial charge on any atom is -0.391 e. The van der Waals surface area contributed by atoms with Crippen molar-refractivity contribution in [3.8, 4) is 0 Å². The van der Waals surface area contributed by atoms with Crippen LogP contribution >= 0.6 is 15.9 Å². The summed E-state index contributed by atoms with van der Waals surface area (Å²) in [6.45, 7) is -0.126. The van der Waals surface area contributed by atoms with E-state index in [2.05, 4.69) is 15.9 Å². The van der Waals surface area contributed by atoms with Gasteiger partial charge in [0.2, 0.25) is 0 Å². The molecule has 0 aliphatic rings. The van der Waals surface area contributed by atoms with Crippen LogP contribution in [0.3, 0.4) is 0 Å². The Kier molecular flexibility index (Phi) is 4.35. The zero-order valence-corrected chi connectivity index (χ0v) is 9.22. The molecule has 13 heavy (non-hydrogen) atoms. The molecule has 70 valence electrons. The third-order valence-corrected chi connectivity index (χ3v) is 3.38. The lowest BCUT2D eigenvalue weighted by molar-refractivity contribution is 0.340. The Hall–Kier alpha value is -0.450. The lowest BCUT2D eigenvalue weighted by Crippen LogP contribution is -1.88. The standard InChI is InChI=1S/C9H9BrO2S/c10-8(6-11)7-13(12)9-4-2-1-3-5-9/h1-5,7,11H,6H2/b8-7+. The molecule has 0 aliphatic carbocycles. The van der Waals surface area contributed by atoms with Gasteiger partial charge in [0.25, 0.3) is 0 Å². The van der Waals surface area contributed by atoms with Crippen molar-refractivity contribution >= 4 is 26.7 Å². The van der Waals surface area contributed by atoms with Crippen molar-refractivity contribution in [1.29, 1.82) is 0 Å². The van der Waals surface area contributed by atoms with E-state index in [-0.39, 0.29) is 6.61 Å². The van der Waals surface area contributed by atoms with E-state index >= 15 is 0 Å². The molecular formula is C9H9BrO2S. The Labute approximate surface area is 87.9 Å². The fourth-order valence-corrected chi connectivity index (χ4v) is 2.15. The summed E-state index contributed by atoms with van der Waals surface area (Å²) in [5.41, 5.74) is 0. The predicted octanol–water partition coefficient (Wildman–Crippen LogP) is 2.02. The van der Waals surface area contributed by atoms with Gasteiger partial charge in [-0.3, -0.25) is 0 Å². The van der Waals surface area contributed by atoms with Gasteiger partial charge in [-0.15, -0.1) is 0 Å². The zero-order valence-electron chi connectivity index (χ0n) is 6.81. The molecule has 0 saturated carbocycles. The van der Waals surface area contributed by atoms with Crippen molar-refractivity contribution < 1.29 is 9.32 Å². The van der Waals surface area contributed by atoms with Gasteiger partial charge in [0.05, 0.1) is 17.4 Å². The molecule has 1 atom stereocenters. The predicted molar refractivity (Wildman–Crippen MR) is 56.9 cm³/mol. The molecule has 4 heteroatoms. The van der Waals surface area contributed by atoms with E-state index in [9.17, 15) is 4.21 Å². The molecule has 0 aliphatic heterocycles. The molecule has 0 amide bonds. The van der Waals surface area contributed by atoms with Crippen molar-refractivity contribution in [3.05, 3.63) is 40.2 Å². The van der Waals surface area contributed by atoms with Crippen LogP contribution in [0.4, 0.5) is 0 Å². The Balaban J connectivity index is 2.81. The summed E-state index contributed by atoms with van der Waals surface area (Å²) in [5.74, 6) is 0. The molecule has 0 fully saturated rings. The van der Waals surface area contributed by atoms with Crippen molar-refractivity contribution in [2.45, 2.75) is 4.90 Å². The Morgan fingerprint density at radius 2 is 2.08 bits per heavy atom. The van der Waals surface area contributed by atoms with Gasteiger partial charge in [0.1, 0.15) is 0 Å². The summed E-state index contributed by atoms with van der Waals surface area (Å²) in [4.78, 5) is 0.730. The van der Waals surface area contributed by atoms with E-state index in [0.717, 1.165) is 4.90 Å². The number of aliphatic hydroxyl groups is 1. The van der Waals surface area contributed by atoms with Crippen LogP contribution in [0.2, 0.25) is 0 Å². The van der Waals surface area contributed by atoms with Gasteiger partial charge in [0.15, 0.2) is 0 Å². The van der Waals surface area contributed by atoms with Crippen LogP contribution in [0.25, 0.3) is 0 Å². The third kappa shape index (κ3) is 3.42. The molecule has 0 spiro atoms. The zero-order chi connectivity index (χ0) is 9.68. The largest absolute Gasteiger partial charge is 0.391 e. The number of benzene rings is 1. The highest BCUT2D eigenvalue weighted by Crippen LogP contribution is 2.11. The second-order valence-corrected chi connectivity index (χ2v) is 4.65. The molecule has 1 aromatic carbocycles. The van der Waals surface area contributed by atoms with E-state index < -0.39 is 10.8 Å². The molecule has 0 aromatic heterocycles. The normalized spacial score (nSPS) is 14.2. The van der Waals surface area contributed by atoms with Gasteiger partial charge in [-0.2, -0.15) is 0 Å². The molecular weight excluding hydrogens is 252 g/mol. The SMILES string of the molecule is O=S(/C=C(/Br)CO)c1ccccc1. The fourth-order valence-electron chi connectivity index (χ4n) is 0.776. The topological polar surface area (TPSA) is 37.3 Å². The molecule has 0 heterocycles. The summed E-state index contributed by atoms with van der Waals surface area (Å²) < 4.78 is 12.0. The first-order valence-corrected chi connectivity index (χ1v) is 5.67. The lowest BCUT2D eigenvalue weighted by atomic mass is 10.4. The minimum atomic E-state index is -1.18. The Morgan fingerprint density at radius 3 is 2.62 bits per heavy atom. The van der Waals surface area contributed by atoms with E-state index in [1.54, 1.807) is 12.1 Å². The first kappa shape index (κ1) is 10.6. The first-order chi connectivity index (χ1) is 6.24. The number of hydrogen-bond donors (Lipinski definition) is 1. The van der Waals surface area contributed by atoms with Crippen LogP contribution in [-0.4, -0.2) is 15.9 Å². The van der Waals surface area contributed by atoms with Crippen LogP contribution < -0.4 is 0 Å². The van der Waals surface area contributed by atoms with Gasteiger partial charge >= 0.3 is 0 Å². The van der Waals surface area contributed by atoms with Gasteiger partial charge in [-0.1, -0.05) is 34.1 Å². The quantitative estimate of drug-likeness (QED) is 0.903. The molecule has 1 N–H and O–H groups in total. The van der Waals surface area contributed by atoms with Crippen LogP contribution in [0.5, 0.6) is 0 Å². The van der Waals surface area contributed by atoms with Gasteiger partial charge in [-0.05, 0) is 12.1 Å². The first-order valence-electron chi connectivity index (χ1n) is 3.66. The Bertz CT molecular complexity index is 322. The van der Waals surface area contributed by atoms with E-state index in [0.29, 0.717) is 4.48 Å². The highest BCUT2D eigenvalue weighted by molar-refractivity contribution is 9.11. The van der Waals surface area contributed by atoms with Crippen LogP contribution in [0.1, 0.15) is 0 Å². The van der Waals surface area contributed by atoms with Crippen LogP contribution in [0.15, 0.2) is 45.1 Å².